The molecule has 0 aromatic rings. The molecule has 0 aliphatic heterocycles. The van der Waals surface area contributed by atoms with Crippen LogP contribution in [0.4, 0.5) is 0 Å². The number of unbranched alkanes of at least 4 members (excludes halogenated alkanes) is 18. The second kappa shape index (κ2) is 49.4. The van der Waals surface area contributed by atoms with Crippen molar-refractivity contribution in [1.82, 2.24) is 0 Å². The van der Waals surface area contributed by atoms with Crippen molar-refractivity contribution in [3.8, 4) is 0 Å². The molecule has 0 spiro atoms. The van der Waals surface area contributed by atoms with E-state index in [1.165, 1.54) is 116 Å². The minimum atomic E-state index is -2.07. The van der Waals surface area contributed by atoms with Crippen molar-refractivity contribution in [2.24, 2.45) is 0 Å². The van der Waals surface area contributed by atoms with Crippen LogP contribution in [0.5, 0.6) is 0 Å². The fraction of sp³-hybridized carbons (Fsp3) is 1.00. The molecule has 0 saturated heterocycles. The summed E-state index contributed by atoms with van der Waals surface area (Å²) >= 11 is -1.27. The Hall–Kier alpha value is 2.64. The fourth-order valence-corrected chi connectivity index (χ4v) is 135. The van der Waals surface area contributed by atoms with E-state index in [0.717, 1.165) is -0.000499 Å². The Balaban J connectivity index is 12.7. The van der Waals surface area contributed by atoms with Crippen molar-refractivity contribution in [3.63, 3.8) is 0 Å². The summed E-state index contributed by atoms with van der Waals surface area (Å²) < 4.78 is 1.81. The van der Waals surface area contributed by atoms with Crippen LogP contribution in [0.1, 0.15) is 356 Å². The van der Waals surface area contributed by atoms with Crippen LogP contribution in [0.15, 0.2) is 0 Å². The van der Waals surface area contributed by atoms with Crippen molar-refractivity contribution < 1.29 is 36.3 Å². The third-order valence-electron chi connectivity index (χ3n) is 22.9. The van der Waals surface area contributed by atoms with Gasteiger partial charge in [0.05, 0.1) is 0 Å². The number of hydrogen-bond acceptors (Lipinski definition) is 0. The molecular formula is C74H162Si6Sm+. The molecule has 0 fully saturated rings. The van der Waals surface area contributed by atoms with Gasteiger partial charge in [-0.3, -0.25) is 0 Å². The fourth-order valence-electron chi connectivity index (χ4n) is 18.9. The van der Waals surface area contributed by atoms with Gasteiger partial charge in [-0.05, 0) is 0 Å². The summed E-state index contributed by atoms with van der Waals surface area (Å²) in [6.07, 6.45) is 55.2. The molecule has 0 heterocycles. The molecule has 0 unspecified atom stereocenters. The van der Waals surface area contributed by atoms with Crippen LogP contribution in [-0.2, 0) is 0 Å². The van der Waals surface area contributed by atoms with E-state index in [4.69, 9.17) is 0 Å². The van der Waals surface area contributed by atoms with E-state index >= 15 is 0 Å². The molecule has 0 aromatic carbocycles. The summed E-state index contributed by atoms with van der Waals surface area (Å²) in [4.78, 5) is 0. The average Bonchev–Trinajstić information content (AvgIpc) is 3.50. The van der Waals surface area contributed by atoms with Crippen molar-refractivity contribution in [3.05, 3.63) is 0 Å². The molecule has 0 atom stereocenters. The summed E-state index contributed by atoms with van der Waals surface area (Å²) in [6, 6.07) is 32.4. The summed E-state index contributed by atoms with van der Waals surface area (Å²) in [7, 11) is -12.4. The molecule has 0 amide bonds. The van der Waals surface area contributed by atoms with E-state index < -0.39 is 84.7 Å². The van der Waals surface area contributed by atoms with E-state index in [0.29, 0.717) is 0 Å². The molecule has 0 aromatic heterocycles. The van der Waals surface area contributed by atoms with E-state index in [2.05, 4.69) is 125 Å². The van der Waals surface area contributed by atoms with Gasteiger partial charge in [0.1, 0.15) is 0 Å². The minimum absolute atomic E-state index is 0.903. The van der Waals surface area contributed by atoms with Crippen molar-refractivity contribution in [2.45, 2.75) is 465 Å². The Morgan fingerprint density at radius 2 is 0.222 bits per heavy atom. The van der Waals surface area contributed by atoms with Gasteiger partial charge in [0.15, 0.2) is 0 Å². The van der Waals surface area contributed by atoms with E-state index in [1.54, 1.807) is 224 Å². The zero-order valence-electron chi connectivity index (χ0n) is 60.6. The van der Waals surface area contributed by atoms with Crippen LogP contribution in [0.3, 0.4) is 0 Å². The SMILES string of the molecule is CCCC[Si](CCCC)(CCCC)[C]([Sm+][C]([Si](CCCC)(CCCC)CCCC)([Si](CCCC)(CCCC)CCCC)[Si](CCCC)(CCCC)CCCC)([Si](CCCC)(CCCC)CCCC)[Si](CCCC)(CCCC)CCCC. The quantitative estimate of drug-likeness (QED) is 0.0533. The molecule has 7 heteroatoms. The number of rotatable bonds is 62. The van der Waals surface area contributed by atoms with Gasteiger partial charge >= 0.3 is 549 Å². The zero-order valence-corrected chi connectivity index (χ0v) is 69.2. The average molecular weight is 1370 g/mol. The maximum absolute atomic E-state index is 2.71. The first-order valence-electron chi connectivity index (χ1n) is 39.0. The van der Waals surface area contributed by atoms with E-state index in [-0.39, 0.29) is 0 Å². The summed E-state index contributed by atoms with van der Waals surface area (Å²) in [5, 5.41) is 0. The molecule has 0 bridgehead atoms. The Kier molecular flexibility index (Phi) is 51.0. The Bertz CT molecular complexity index is 1010. The Morgan fingerprint density at radius 3 is 0.284 bits per heavy atom. The maximum atomic E-state index is 2.71. The predicted octanol–water partition coefficient (Wildman–Crippen LogP) is 29.7. The zero-order chi connectivity index (χ0) is 60.9. The third-order valence-corrected chi connectivity index (χ3v) is 106. The van der Waals surface area contributed by atoms with Crippen LogP contribution in [0.25, 0.3) is 0 Å². The van der Waals surface area contributed by atoms with Gasteiger partial charge in [0, 0.05) is 0 Å². The van der Waals surface area contributed by atoms with Gasteiger partial charge in [-0.25, -0.2) is 0 Å². The van der Waals surface area contributed by atoms with Gasteiger partial charge in [-0.15, -0.1) is 0 Å². The number of hydrogen-bond donors (Lipinski definition) is 0. The first-order chi connectivity index (χ1) is 39.3. The van der Waals surface area contributed by atoms with E-state index in [1.807, 2.05) is 0 Å². The van der Waals surface area contributed by atoms with E-state index in [9.17, 15) is 0 Å². The summed E-state index contributed by atoms with van der Waals surface area (Å²) in [6.45, 7) is 48.8. The van der Waals surface area contributed by atoms with Crippen LogP contribution >= 0.6 is 0 Å². The molecule has 0 radical (unpaired) electrons. The van der Waals surface area contributed by atoms with Crippen molar-refractivity contribution in [1.29, 1.82) is 0 Å². The molecule has 487 valence electrons. The van der Waals surface area contributed by atoms with Crippen molar-refractivity contribution >= 4 is 48.4 Å². The van der Waals surface area contributed by atoms with Crippen LogP contribution < -0.4 is 0 Å². The second-order valence-electron chi connectivity index (χ2n) is 29.0. The van der Waals surface area contributed by atoms with Gasteiger partial charge in [-0.2, -0.15) is 0 Å². The normalized spacial score (nSPS) is 13.5. The monoisotopic (exact) mass is 1370 g/mol. The predicted molar refractivity (Wildman–Crippen MR) is 395 cm³/mol. The molecule has 81 heavy (non-hydrogen) atoms. The molecule has 0 aliphatic rings. The molecule has 0 N–H and O–H groups in total. The molecular weight excluding hydrogens is 1210 g/mol. The summed E-state index contributed by atoms with van der Waals surface area (Å²) in [5.74, 6) is 0. The van der Waals surface area contributed by atoms with Crippen LogP contribution in [0.2, 0.25) is 109 Å². The Labute approximate surface area is 544 Å². The topological polar surface area (TPSA) is 0 Å². The van der Waals surface area contributed by atoms with Gasteiger partial charge in [0.2, 0.25) is 0 Å². The molecule has 0 aliphatic carbocycles. The van der Waals surface area contributed by atoms with Crippen molar-refractivity contribution in [2.75, 3.05) is 0 Å². The Morgan fingerprint density at radius 1 is 0.148 bits per heavy atom. The first kappa shape index (κ1) is 83.6. The van der Waals surface area contributed by atoms with Crippen LogP contribution in [0, 0.1) is 36.3 Å². The second-order valence-corrected chi connectivity index (χ2v) is 73.0. The standard InChI is InChI=1S/2C37H81Si3.Sm/c2*1-10-19-28-38(29-20-11-2,30-21-12-3)37(39(31-22-13-4,32-23-14-5)33-24-15-6)40(34-25-16-7,35-26-17-8)36-27-18-9;/h2*10-36H2,1-9H3;/q;;+1. The van der Waals surface area contributed by atoms with Crippen LogP contribution in [-0.4, -0.2) is 48.4 Å². The van der Waals surface area contributed by atoms with Gasteiger partial charge < -0.3 is 0 Å². The van der Waals surface area contributed by atoms with Gasteiger partial charge in [-0.1, -0.05) is 0 Å². The molecule has 0 nitrogen and oxygen atoms in total. The van der Waals surface area contributed by atoms with Gasteiger partial charge in [0.25, 0.3) is 0 Å². The molecule has 0 saturated carbocycles. The first-order valence-corrected chi connectivity index (χ1v) is 57.3. The third kappa shape index (κ3) is 23.1. The molecule has 0 rings (SSSR count). The summed E-state index contributed by atoms with van der Waals surface area (Å²) in [5.41, 5.74) is 0.